The zero-order valence-corrected chi connectivity index (χ0v) is 10.7. The van der Waals surface area contributed by atoms with Crippen molar-refractivity contribution in [2.75, 3.05) is 20.8 Å². The van der Waals surface area contributed by atoms with Gasteiger partial charge in [0.2, 0.25) is 5.78 Å². The molecule has 98 valence electrons. The van der Waals surface area contributed by atoms with Crippen molar-refractivity contribution in [2.45, 2.75) is 6.42 Å². The van der Waals surface area contributed by atoms with Crippen LogP contribution in [-0.4, -0.2) is 37.4 Å². The Hall–Kier alpha value is -2.30. The molecule has 0 N–H and O–H groups in total. The second-order valence-electron chi connectivity index (χ2n) is 4.46. The zero-order chi connectivity index (χ0) is 13.6. The summed E-state index contributed by atoms with van der Waals surface area (Å²) in [6.45, 7) is 0.527. The van der Waals surface area contributed by atoms with Crippen molar-refractivity contribution in [2.24, 2.45) is 0 Å². The first kappa shape index (κ1) is 11.8. The van der Waals surface area contributed by atoms with Crippen molar-refractivity contribution < 1.29 is 19.1 Å². The molecule has 0 radical (unpaired) electrons. The molecule has 0 fully saturated rings. The number of carbonyl (C=O) groups excluding carboxylic acids is 2. The van der Waals surface area contributed by atoms with Gasteiger partial charge in [-0.05, 0) is 24.1 Å². The smallest absolute Gasteiger partial charge is 0.298 e. The lowest BCUT2D eigenvalue weighted by molar-refractivity contribution is -0.138. The topological polar surface area (TPSA) is 55.8 Å². The van der Waals surface area contributed by atoms with Crippen LogP contribution in [0.4, 0.5) is 0 Å². The number of nitrogens with zero attached hydrogens (tertiary/aromatic N) is 1. The monoisotopic (exact) mass is 259 g/mol. The van der Waals surface area contributed by atoms with E-state index in [0.29, 0.717) is 30.2 Å². The van der Waals surface area contributed by atoms with Crippen molar-refractivity contribution in [3.8, 4) is 11.5 Å². The third-order valence-electron chi connectivity index (χ3n) is 3.50. The number of hydrogen-bond acceptors (Lipinski definition) is 4. The summed E-state index contributed by atoms with van der Waals surface area (Å²) in [5.74, 6) is 0.342. The maximum absolute atomic E-state index is 11.7. The number of benzene rings is 1. The lowest BCUT2D eigenvalue weighted by Crippen LogP contribution is -2.33. The molecular weight excluding hydrogens is 246 g/mol. The first-order chi connectivity index (χ1) is 9.15. The molecule has 5 heteroatoms. The van der Waals surface area contributed by atoms with Crippen LogP contribution >= 0.6 is 0 Å². The molecule has 0 spiro atoms. The predicted molar refractivity (Wildman–Crippen MR) is 67.9 cm³/mol. The Labute approximate surface area is 110 Å². The molecule has 2 heterocycles. The minimum absolute atomic E-state index is 0.449. The van der Waals surface area contributed by atoms with E-state index in [-0.39, 0.29) is 0 Å². The van der Waals surface area contributed by atoms with Gasteiger partial charge in [0.1, 0.15) is 0 Å². The molecule has 3 rings (SSSR count). The van der Waals surface area contributed by atoms with Gasteiger partial charge in [-0.15, -0.1) is 0 Å². The Morgan fingerprint density at radius 2 is 1.79 bits per heavy atom. The number of fused-ring (bicyclic) bond motifs is 3. The molecule has 0 bridgehead atoms. The maximum Gasteiger partial charge on any atom is 0.298 e. The summed E-state index contributed by atoms with van der Waals surface area (Å²) in [5.41, 5.74) is 2.59. The summed E-state index contributed by atoms with van der Waals surface area (Å²) in [6, 6.07) is 3.72. The minimum atomic E-state index is -0.461. The number of methoxy groups -OCH3 is 2. The summed E-state index contributed by atoms with van der Waals surface area (Å²) in [4.78, 5) is 24.7. The predicted octanol–water partition coefficient (Wildman–Crippen LogP) is 1.01. The van der Waals surface area contributed by atoms with Crippen molar-refractivity contribution >= 4 is 17.4 Å². The quantitative estimate of drug-likeness (QED) is 0.744. The SMILES string of the molecule is COc1cc2c(cc1OC)C1=CC(=O)C(=O)N1CC2. The van der Waals surface area contributed by atoms with Crippen LogP contribution in [0.3, 0.4) is 0 Å². The largest absolute Gasteiger partial charge is 0.493 e. The normalized spacial score (nSPS) is 16.9. The third-order valence-corrected chi connectivity index (χ3v) is 3.50. The summed E-state index contributed by atoms with van der Waals surface area (Å²) in [6.07, 6.45) is 2.10. The third kappa shape index (κ3) is 1.62. The first-order valence-corrected chi connectivity index (χ1v) is 5.98. The van der Waals surface area contributed by atoms with Crippen molar-refractivity contribution in [3.63, 3.8) is 0 Å². The van der Waals surface area contributed by atoms with E-state index in [1.54, 1.807) is 14.2 Å². The van der Waals surface area contributed by atoms with Crippen molar-refractivity contribution in [3.05, 3.63) is 29.3 Å². The number of ether oxygens (including phenoxy) is 2. The number of amides is 1. The van der Waals surface area contributed by atoms with Crippen molar-refractivity contribution in [1.29, 1.82) is 0 Å². The van der Waals surface area contributed by atoms with Gasteiger partial charge >= 0.3 is 0 Å². The van der Waals surface area contributed by atoms with Crippen LogP contribution in [-0.2, 0) is 16.0 Å². The molecule has 1 amide bonds. The maximum atomic E-state index is 11.7. The van der Waals surface area contributed by atoms with Crippen LogP contribution in [0.2, 0.25) is 0 Å². The van der Waals surface area contributed by atoms with E-state index in [2.05, 4.69) is 0 Å². The van der Waals surface area contributed by atoms with Crippen LogP contribution in [0.1, 0.15) is 11.1 Å². The molecule has 0 unspecified atom stereocenters. The van der Waals surface area contributed by atoms with E-state index in [1.807, 2.05) is 12.1 Å². The first-order valence-electron chi connectivity index (χ1n) is 5.98. The van der Waals surface area contributed by atoms with E-state index >= 15 is 0 Å². The fourth-order valence-corrected chi connectivity index (χ4v) is 2.55. The van der Waals surface area contributed by atoms with Gasteiger partial charge in [0, 0.05) is 18.2 Å². The number of rotatable bonds is 2. The van der Waals surface area contributed by atoms with Crippen LogP contribution < -0.4 is 9.47 Å². The average Bonchev–Trinajstić information content (AvgIpc) is 2.73. The number of hydrogen-bond donors (Lipinski definition) is 0. The van der Waals surface area contributed by atoms with Gasteiger partial charge in [0.15, 0.2) is 11.5 Å². The lowest BCUT2D eigenvalue weighted by Gasteiger charge is -2.28. The fourth-order valence-electron chi connectivity index (χ4n) is 2.55. The van der Waals surface area contributed by atoms with Crippen LogP contribution in [0.5, 0.6) is 11.5 Å². The molecule has 0 atom stereocenters. The number of carbonyl (C=O) groups is 2. The van der Waals surface area contributed by atoms with Gasteiger partial charge in [-0.2, -0.15) is 0 Å². The van der Waals surface area contributed by atoms with E-state index in [4.69, 9.17) is 9.47 Å². The van der Waals surface area contributed by atoms with E-state index in [1.165, 1.54) is 11.0 Å². The highest BCUT2D eigenvalue weighted by Crippen LogP contribution is 2.39. The molecule has 2 aliphatic heterocycles. The Kier molecular flexibility index (Phi) is 2.55. The summed E-state index contributed by atoms with van der Waals surface area (Å²) < 4.78 is 10.5. The standard InChI is InChI=1S/C14H13NO4/c1-18-12-5-8-3-4-15-10(7-11(16)14(15)17)9(8)6-13(12)19-2/h5-7H,3-4H2,1-2H3. The van der Waals surface area contributed by atoms with Crippen LogP contribution in [0.25, 0.3) is 5.70 Å². The van der Waals surface area contributed by atoms with Gasteiger partial charge in [0.25, 0.3) is 5.91 Å². The van der Waals surface area contributed by atoms with Gasteiger partial charge in [-0.25, -0.2) is 0 Å². The highest BCUT2D eigenvalue weighted by molar-refractivity contribution is 6.46. The van der Waals surface area contributed by atoms with E-state index in [0.717, 1.165) is 11.1 Å². The zero-order valence-electron chi connectivity index (χ0n) is 10.7. The number of ketones is 1. The highest BCUT2D eigenvalue weighted by Gasteiger charge is 2.35. The average molecular weight is 259 g/mol. The van der Waals surface area contributed by atoms with Gasteiger partial charge in [0.05, 0.1) is 19.9 Å². The molecule has 1 aromatic carbocycles. The molecule has 0 saturated heterocycles. The molecule has 5 nitrogen and oxygen atoms in total. The fraction of sp³-hybridized carbons (Fsp3) is 0.286. The van der Waals surface area contributed by atoms with E-state index in [9.17, 15) is 9.59 Å². The summed E-state index contributed by atoms with van der Waals surface area (Å²) >= 11 is 0. The Balaban J connectivity index is 2.16. The van der Waals surface area contributed by atoms with Gasteiger partial charge in [-0.3, -0.25) is 9.59 Å². The van der Waals surface area contributed by atoms with Crippen LogP contribution in [0, 0.1) is 0 Å². The Bertz CT molecular complexity index is 618. The van der Waals surface area contributed by atoms with Gasteiger partial charge in [-0.1, -0.05) is 0 Å². The summed E-state index contributed by atoms with van der Waals surface area (Å²) in [7, 11) is 3.14. The second kappa shape index (κ2) is 4.12. The Morgan fingerprint density at radius 3 is 2.47 bits per heavy atom. The molecule has 0 aromatic heterocycles. The molecule has 19 heavy (non-hydrogen) atoms. The van der Waals surface area contributed by atoms with Crippen LogP contribution in [0.15, 0.2) is 18.2 Å². The van der Waals surface area contributed by atoms with E-state index < -0.39 is 11.7 Å². The molecule has 0 saturated carbocycles. The highest BCUT2D eigenvalue weighted by atomic mass is 16.5. The second-order valence-corrected chi connectivity index (χ2v) is 4.46. The molecule has 1 aromatic rings. The van der Waals surface area contributed by atoms with Gasteiger partial charge < -0.3 is 14.4 Å². The Morgan fingerprint density at radius 1 is 1.11 bits per heavy atom. The molecular formula is C14H13NO4. The molecule has 0 aliphatic carbocycles. The summed E-state index contributed by atoms with van der Waals surface area (Å²) in [5, 5.41) is 0. The lowest BCUT2D eigenvalue weighted by atomic mass is 9.96. The van der Waals surface area contributed by atoms with Crippen molar-refractivity contribution in [1.82, 2.24) is 4.90 Å². The molecule has 2 aliphatic rings. The minimum Gasteiger partial charge on any atom is -0.493 e.